The van der Waals surface area contributed by atoms with Crippen LogP contribution in [0.2, 0.25) is 0 Å². The number of pyridine rings is 1. The number of aryl methyl sites for hydroxylation is 1. The number of rotatable bonds is 7. The molecule has 0 aliphatic rings. The van der Waals surface area contributed by atoms with E-state index in [4.69, 9.17) is 4.42 Å². The van der Waals surface area contributed by atoms with Crippen LogP contribution in [0.1, 0.15) is 22.6 Å². The first-order chi connectivity index (χ1) is 11.7. The molecule has 2 heterocycles. The van der Waals surface area contributed by atoms with E-state index >= 15 is 0 Å². The quantitative estimate of drug-likeness (QED) is 0.707. The first-order valence-electron chi connectivity index (χ1n) is 8.15. The third-order valence-electron chi connectivity index (χ3n) is 3.94. The number of hydrogen-bond acceptors (Lipinski definition) is 4. The lowest BCUT2D eigenvalue weighted by Gasteiger charge is -2.18. The van der Waals surface area contributed by atoms with E-state index < -0.39 is 0 Å². The summed E-state index contributed by atoms with van der Waals surface area (Å²) in [7, 11) is 2.11. The number of aromatic nitrogens is 1. The predicted octanol–water partition coefficient (Wildman–Crippen LogP) is 4.23. The van der Waals surface area contributed by atoms with Crippen molar-refractivity contribution in [1.82, 2.24) is 9.88 Å². The molecule has 4 heteroatoms. The zero-order valence-electron chi connectivity index (χ0n) is 14.2. The van der Waals surface area contributed by atoms with E-state index in [1.807, 2.05) is 31.3 Å². The van der Waals surface area contributed by atoms with Crippen LogP contribution in [0.4, 0.5) is 5.69 Å². The van der Waals surface area contributed by atoms with Crippen molar-refractivity contribution in [2.24, 2.45) is 0 Å². The summed E-state index contributed by atoms with van der Waals surface area (Å²) in [6.45, 7) is 4.49. The van der Waals surface area contributed by atoms with Gasteiger partial charge in [0.25, 0.3) is 0 Å². The van der Waals surface area contributed by atoms with Crippen LogP contribution < -0.4 is 5.32 Å². The molecule has 0 radical (unpaired) electrons. The summed E-state index contributed by atoms with van der Waals surface area (Å²) in [5, 5.41) is 3.48. The van der Waals surface area contributed by atoms with Gasteiger partial charge in [-0.05, 0) is 49.4 Å². The number of nitrogens with zero attached hydrogens (tertiary/aromatic N) is 2. The van der Waals surface area contributed by atoms with Gasteiger partial charge in [0.15, 0.2) is 0 Å². The second-order valence-corrected chi connectivity index (χ2v) is 6.06. The van der Waals surface area contributed by atoms with E-state index in [1.165, 1.54) is 11.1 Å². The van der Waals surface area contributed by atoms with E-state index in [2.05, 4.69) is 52.6 Å². The number of benzene rings is 1. The molecular weight excluding hydrogens is 298 g/mol. The molecule has 0 unspecified atom stereocenters. The highest BCUT2D eigenvalue weighted by Crippen LogP contribution is 2.16. The van der Waals surface area contributed by atoms with Gasteiger partial charge in [0, 0.05) is 30.7 Å². The molecular formula is C20H23N3O. The summed E-state index contributed by atoms with van der Waals surface area (Å²) in [6, 6.07) is 16.5. The van der Waals surface area contributed by atoms with Gasteiger partial charge in [-0.25, -0.2) is 0 Å². The molecule has 24 heavy (non-hydrogen) atoms. The van der Waals surface area contributed by atoms with Gasteiger partial charge in [-0.1, -0.05) is 24.3 Å². The molecule has 0 bridgehead atoms. The average Bonchev–Trinajstić information content (AvgIpc) is 3.07. The third-order valence-corrected chi connectivity index (χ3v) is 3.94. The molecule has 124 valence electrons. The van der Waals surface area contributed by atoms with Crippen molar-refractivity contribution < 1.29 is 4.42 Å². The van der Waals surface area contributed by atoms with E-state index in [-0.39, 0.29) is 0 Å². The lowest BCUT2D eigenvalue weighted by atomic mass is 10.1. The molecule has 0 aliphatic heterocycles. The largest absolute Gasteiger partial charge is 0.468 e. The van der Waals surface area contributed by atoms with Crippen LogP contribution in [0.5, 0.6) is 0 Å². The Hall–Kier alpha value is -2.59. The van der Waals surface area contributed by atoms with Gasteiger partial charge in [-0.3, -0.25) is 9.88 Å². The third kappa shape index (κ3) is 4.46. The molecule has 3 aromatic rings. The molecule has 0 amide bonds. The van der Waals surface area contributed by atoms with E-state index in [0.717, 1.165) is 36.8 Å². The van der Waals surface area contributed by atoms with E-state index in [0.29, 0.717) is 0 Å². The van der Waals surface area contributed by atoms with Crippen LogP contribution >= 0.6 is 0 Å². The first kappa shape index (κ1) is 16.3. The molecule has 1 N–H and O–H groups in total. The number of anilines is 1. The average molecular weight is 321 g/mol. The molecule has 2 aromatic heterocycles. The molecule has 0 saturated heterocycles. The molecule has 3 rings (SSSR count). The number of hydrogen-bond donors (Lipinski definition) is 1. The standard InChI is InChI=1S/C20H23N3O/c1-16-12-19(9-10-21-16)22-13-17-6-3-4-7-18(17)14-23(2)15-20-8-5-11-24-20/h3-12H,13-15H2,1-2H3,(H,21,22). The van der Waals surface area contributed by atoms with Crippen molar-refractivity contribution in [3.63, 3.8) is 0 Å². The summed E-state index contributed by atoms with van der Waals surface area (Å²) < 4.78 is 5.43. The number of furan rings is 1. The van der Waals surface area contributed by atoms with Crippen LogP contribution in [0.3, 0.4) is 0 Å². The van der Waals surface area contributed by atoms with Crippen LogP contribution in [0.25, 0.3) is 0 Å². The van der Waals surface area contributed by atoms with Crippen LogP contribution in [0, 0.1) is 6.92 Å². The van der Waals surface area contributed by atoms with Crippen LogP contribution in [-0.2, 0) is 19.6 Å². The molecule has 4 nitrogen and oxygen atoms in total. The van der Waals surface area contributed by atoms with Gasteiger partial charge in [0.2, 0.25) is 0 Å². The maximum atomic E-state index is 5.43. The Labute approximate surface area is 143 Å². The topological polar surface area (TPSA) is 41.3 Å². The lowest BCUT2D eigenvalue weighted by Crippen LogP contribution is -2.18. The van der Waals surface area contributed by atoms with Crippen molar-refractivity contribution in [2.75, 3.05) is 12.4 Å². The molecule has 0 atom stereocenters. The molecule has 0 spiro atoms. The van der Waals surface area contributed by atoms with Crippen molar-refractivity contribution in [2.45, 2.75) is 26.6 Å². The first-order valence-corrected chi connectivity index (χ1v) is 8.15. The normalized spacial score (nSPS) is 11.0. The maximum absolute atomic E-state index is 5.43. The summed E-state index contributed by atoms with van der Waals surface area (Å²) >= 11 is 0. The highest BCUT2D eigenvalue weighted by molar-refractivity contribution is 5.44. The second-order valence-electron chi connectivity index (χ2n) is 6.06. The summed E-state index contributed by atoms with van der Waals surface area (Å²) in [5.74, 6) is 0.986. The fourth-order valence-corrected chi connectivity index (χ4v) is 2.75. The molecule has 0 aliphatic carbocycles. The van der Waals surface area contributed by atoms with Gasteiger partial charge >= 0.3 is 0 Å². The highest BCUT2D eigenvalue weighted by atomic mass is 16.3. The fourth-order valence-electron chi connectivity index (χ4n) is 2.75. The van der Waals surface area contributed by atoms with Crippen molar-refractivity contribution in [1.29, 1.82) is 0 Å². The van der Waals surface area contributed by atoms with Gasteiger partial charge in [-0.2, -0.15) is 0 Å². The Morgan fingerprint density at radius 3 is 2.62 bits per heavy atom. The van der Waals surface area contributed by atoms with Crippen LogP contribution in [0.15, 0.2) is 65.4 Å². The Bertz CT molecular complexity index is 768. The maximum Gasteiger partial charge on any atom is 0.117 e. The molecule has 0 fully saturated rings. The van der Waals surface area contributed by atoms with Gasteiger partial charge in [0.1, 0.15) is 5.76 Å². The minimum absolute atomic E-state index is 0.800. The monoisotopic (exact) mass is 321 g/mol. The van der Waals surface area contributed by atoms with Crippen molar-refractivity contribution in [3.05, 3.63) is 83.6 Å². The predicted molar refractivity (Wildman–Crippen MR) is 96.6 cm³/mol. The van der Waals surface area contributed by atoms with E-state index in [9.17, 15) is 0 Å². The van der Waals surface area contributed by atoms with Gasteiger partial charge < -0.3 is 9.73 Å². The van der Waals surface area contributed by atoms with Crippen molar-refractivity contribution >= 4 is 5.69 Å². The molecule has 1 aromatic carbocycles. The smallest absolute Gasteiger partial charge is 0.117 e. The van der Waals surface area contributed by atoms with Crippen LogP contribution in [-0.4, -0.2) is 16.9 Å². The lowest BCUT2D eigenvalue weighted by molar-refractivity contribution is 0.287. The summed E-state index contributed by atoms with van der Waals surface area (Å²) in [4.78, 5) is 6.49. The summed E-state index contributed by atoms with van der Waals surface area (Å²) in [6.07, 6.45) is 3.55. The van der Waals surface area contributed by atoms with E-state index in [1.54, 1.807) is 6.26 Å². The van der Waals surface area contributed by atoms with Crippen molar-refractivity contribution in [3.8, 4) is 0 Å². The fraction of sp³-hybridized carbons (Fsp3) is 0.250. The minimum atomic E-state index is 0.800. The minimum Gasteiger partial charge on any atom is -0.468 e. The SMILES string of the molecule is Cc1cc(NCc2ccccc2CN(C)Cc2ccco2)ccn1. The Balaban J connectivity index is 1.64. The summed E-state index contributed by atoms with van der Waals surface area (Å²) in [5.41, 5.74) is 4.75. The van der Waals surface area contributed by atoms with Gasteiger partial charge in [0.05, 0.1) is 12.8 Å². The molecule has 0 saturated carbocycles. The zero-order valence-corrected chi connectivity index (χ0v) is 14.2. The highest BCUT2D eigenvalue weighted by Gasteiger charge is 2.07. The Morgan fingerprint density at radius 2 is 1.88 bits per heavy atom. The Morgan fingerprint density at radius 1 is 1.04 bits per heavy atom. The Kier molecular flexibility index (Phi) is 5.29. The number of nitrogens with one attached hydrogen (secondary N) is 1. The zero-order chi connectivity index (χ0) is 16.8. The second kappa shape index (κ2) is 7.79. The van der Waals surface area contributed by atoms with Gasteiger partial charge in [-0.15, -0.1) is 0 Å².